The van der Waals surface area contributed by atoms with E-state index in [2.05, 4.69) is 64.2 Å². The molecular formula is C17H29NO. The number of rotatable bonds is 8. The summed E-state index contributed by atoms with van der Waals surface area (Å²) < 4.78 is 6.03. The van der Waals surface area contributed by atoms with E-state index in [-0.39, 0.29) is 6.10 Å². The highest BCUT2D eigenvalue weighted by Crippen LogP contribution is 2.22. The SMILES string of the molecule is CCNC(CC)C(C)Oc1ccc(C(C)CC)cc1. The average molecular weight is 263 g/mol. The zero-order valence-corrected chi connectivity index (χ0v) is 13.1. The minimum Gasteiger partial charge on any atom is -0.489 e. The van der Waals surface area contributed by atoms with Crippen LogP contribution in [0.5, 0.6) is 5.75 Å². The lowest BCUT2D eigenvalue weighted by molar-refractivity contribution is 0.168. The molecular weight excluding hydrogens is 234 g/mol. The number of likely N-dealkylation sites (N-methyl/N-ethyl adjacent to an activating group) is 1. The van der Waals surface area contributed by atoms with E-state index in [1.807, 2.05) is 0 Å². The maximum atomic E-state index is 6.03. The molecule has 0 aliphatic rings. The van der Waals surface area contributed by atoms with Crippen molar-refractivity contribution in [1.29, 1.82) is 0 Å². The number of nitrogens with one attached hydrogen (secondary N) is 1. The molecule has 0 aromatic heterocycles. The fourth-order valence-electron chi connectivity index (χ4n) is 2.31. The van der Waals surface area contributed by atoms with E-state index in [4.69, 9.17) is 4.74 Å². The number of benzene rings is 1. The van der Waals surface area contributed by atoms with Crippen LogP contribution in [0.1, 0.15) is 58.9 Å². The van der Waals surface area contributed by atoms with Crippen molar-refractivity contribution < 1.29 is 4.74 Å². The molecule has 1 aromatic carbocycles. The van der Waals surface area contributed by atoms with Crippen LogP contribution in [0.3, 0.4) is 0 Å². The third kappa shape index (κ3) is 4.87. The van der Waals surface area contributed by atoms with E-state index < -0.39 is 0 Å². The van der Waals surface area contributed by atoms with Crippen LogP contribution in [0.15, 0.2) is 24.3 Å². The molecule has 2 nitrogen and oxygen atoms in total. The molecule has 0 spiro atoms. The predicted molar refractivity (Wildman–Crippen MR) is 83.0 cm³/mol. The maximum Gasteiger partial charge on any atom is 0.119 e. The van der Waals surface area contributed by atoms with Crippen LogP contribution >= 0.6 is 0 Å². The predicted octanol–water partition coefficient (Wildman–Crippen LogP) is 4.36. The highest BCUT2D eigenvalue weighted by molar-refractivity contribution is 5.29. The molecule has 0 saturated heterocycles. The molecule has 1 aromatic rings. The largest absolute Gasteiger partial charge is 0.489 e. The van der Waals surface area contributed by atoms with Crippen LogP contribution < -0.4 is 10.1 Å². The van der Waals surface area contributed by atoms with Crippen molar-refractivity contribution in [1.82, 2.24) is 5.32 Å². The molecule has 19 heavy (non-hydrogen) atoms. The molecule has 0 fully saturated rings. The molecule has 3 unspecified atom stereocenters. The quantitative estimate of drug-likeness (QED) is 0.752. The van der Waals surface area contributed by atoms with Gasteiger partial charge in [0.1, 0.15) is 11.9 Å². The van der Waals surface area contributed by atoms with Gasteiger partial charge in [-0.15, -0.1) is 0 Å². The van der Waals surface area contributed by atoms with Gasteiger partial charge in [-0.1, -0.05) is 39.8 Å². The third-order valence-electron chi connectivity index (χ3n) is 3.86. The minimum absolute atomic E-state index is 0.194. The number of ether oxygens (including phenoxy) is 1. The van der Waals surface area contributed by atoms with Crippen LogP contribution in [-0.4, -0.2) is 18.7 Å². The van der Waals surface area contributed by atoms with Crippen LogP contribution in [0, 0.1) is 0 Å². The Morgan fingerprint density at radius 3 is 2.11 bits per heavy atom. The van der Waals surface area contributed by atoms with E-state index in [0.717, 1.165) is 18.7 Å². The molecule has 3 atom stereocenters. The minimum atomic E-state index is 0.194. The molecule has 2 heteroatoms. The van der Waals surface area contributed by atoms with Crippen LogP contribution in [0.4, 0.5) is 0 Å². The Morgan fingerprint density at radius 1 is 1.00 bits per heavy atom. The molecule has 0 saturated carbocycles. The molecule has 0 bridgehead atoms. The highest BCUT2D eigenvalue weighted by Gasteiger charge is 2.15. The van der Waals surface area contributed by atoms with Crippen LogP contribution in [-0.2, 0) is 0 Å². The van der Waals surface area contributed by atoms with Crippen LogP contribution in [0.2, 0.25) is 0 Å². The molecule has 0 aliphatic carbocycles. The third-order valence-corrected chi connectivity index (χ3v) is 3.86. The Bertz CT molecular complexity index is 347. The van der Waals surface area contributed by atoms with Gasteiger partial charge < -0.3 is 10.1 Å². The summed E-state index contributed by atoms with van der Waals surface area (Å²) in [6.45, 7) is 11.9. The van der Waals surface area contributed by atoms with Crippen molar-refractivity contribution in [3.63, 3.8) is 0 Å². The summed E-state index contributed by atoms with van der Waals surface area (Å²) in [6, 6.07) is 8.97. The first kappa shape index (κ1) is 16.0. The van der Waals surface area contributed by atoms with Gasteiger partial charge in [-0.05, 0) is 49.9 Å². The van der Waals surface area contributed by atoms with E-state index >= 15 is 0 Å². The van der Waals surface area contributed by atoms with Crippen LogP contribution in [0.25, 0.3) is 0 Å². The summed E-state index contributed by atoms with van der Waals surface area (Å²) in [5.74, 6) is 1.59. The zero-order chi connectivity index (χ0) is 14.3. The standard InChI is InChI=1S/C17H29NO/c1-6-13(4)15-9-11-16(12-10-15)19-14(5)17(7-2)18-8-3/h9-14,17-18H,6-8H2,1-5H3. The monoisotopic (exact) mass is 263 g/mol. The lowest BCUT2D eigenvalue weighted by Crippen LogP contribution is -2.40. The molecule has 0 heterocycles. The highest BCUT2D eigenvalue weighted by atomic mass is 16.5. The molecule has 1 rings (SSSR count). The zero-order valence-electron chi connectivity index (χ0n) is 13.1. The summed E-state index contributed by atoms with van der Waals surface area (Å²) >= 11 is 0. The van der Waals surface area contributed by atoms with E-state index in [1.54, 1.807) is 0 Å². The van der Waals surface area contributed by atoms with Gasteiger partial charge in [0.05, 0.1) is 0 Å². The van der Waals surface area contributed by atoms with Gasteiger partial charge in [-0.2, -0.15) is 0 Å². The first-order valence-electron chi connectivity index (χ1n) is 7.62. The second-order valence-electron chi connectivity index (χ2n) is 5.27. The van der Waals surface area contributed by atoms with Crippen molar-refractivity contribution in [3.05, 3.63) is 29.8 Å². The lowest BCUT2D eigenvalue weighted by Gasteiger charge is -2.24. The van der Waals surface area contributed by atoms with Gasteiger partial charge >= 0.3 is 0 Å². The summed E-state index contributed by atoms with van der Waals surface area (Å²) in [5.41, 5.74) is 1.39. The maximum absolute atomic E-state index is 6.03. The van der Waals surface area contributed by atoms with Crippen molar-refractivity contribution in [2.75, 3.05) is 6.54 Å². The van der Waals surface area contributed by atoms with Gasteiger partial charge in [0.2, 0.25) is 0 Å². The Hall–Kier alpha value is -1.02. The van der Waals surface area contributed by atoms with Gasteiger partial charge in [0.25, 0.3) is 0 Å². The Labute approximate surface area is 118 Å². The Balaban J connectivity index is 2.61. The van der Waals surface area contributed by atoms with Crippen molar-refractivity contribution in [3.8, 4) is 5.75 Å². The molecule has 0 amide bonds. The molecule has 0 radical (unpaired) electrons. The Kier molecular flexibility index (Phi) is 6.93. The fourth-order valence-corrected chi connectivity index (χ4v) is 2.31. The van der Waals surface area contributed by atoms with E-state index in [0.29, 0.717) is 12.0 Å². The van der Waals surface area contributed by atoms with Crippen molar-refractivity contribution in [2.24, 2.45) is 0 Å². The van der Waals surface area contributed by atoms with E-state index in [1.165, 1.54) is 12.0 Å². The van der Waals surface area contributed by atoms with Gasteiger partial charge in [-0.25, -0.2) is 0 Å². The summed E-state index contributed by atoms with van der Waals surface area (Å²) in [6.07, 6.45) is 2.45. The number of hydrogen-bond acceptors (Lipinski definition) is 2. The molecule has 1 N–H and O–H groups in total. The topological polar surface area (TPSA) is 21.3 Å². The average Bonchev–Trinajstić information content (AvgIpc) is 2.44. The Morgan fingerprint density at radius 2 is 1.63 bits per heavy atom. The molecule has 108 valence electrons. The van der Waals surface area contributed by atoms with Gasteiger partial charge in [-0.3, -0.25) is 0 Å². The second-order valence-corrected chi connectivity index (χ2v) is 5.27. The van der Waals surface area contributed by atoms with E-state index in [9.17, 15) is 0 Å². The molecule has 0 aliphatic heterocycles. The smallest absolute Gasteiger partial charge is 0.119 e. The van der Waals surface area contributed by atoms with Crippen molar-refractivity contribution in [2.45, 2.75) is 65.5 Å². The first-order valence-corrected chi connectivity index (χ1v) is 7.62. The van der Waals surface area contributed by atoms with Gasteiger partial charge in [0.15, 0.2) is 0 Å². The fraction of sp³-hybridized carbons (Fsp3) is 0.647. The lowest BCUT2D eigenvalue weighted by atomic mass is 9.99. The van der Waals surface area contributed by atoms with Gasteiger partial charge in [0, 0.05) is 6.04 Å². The summed E-state index contributed by atoms with van der Waals surface area (Å²) in [4.78, 5) is 0. The summed E-state index contributed by atoms with van der Waals surface area (Å²) in [7, 11) is 0. The van der Waals surface area contributed by atoms with Crippen molar-refractivity contribution >= 4 is 0 Å². The normalized spacial score (nSPS) is 15.8. The number of hydrogen-bond donors (Lipinski definition) is 1. The summed E-state index contributed by atoms with van der Waals surface area (Å²) in [5, 5.41) is 3.47. The second kappa shape index (κ2) is 8.21. The first-order chi connectivity index (χ1) is 9.12.